The monoisotopic (exact) mass is 360 g/mol. The smallest absolute Gasteiger partial charge is 0.265 e. The summed E-state index contributed by atoms with van der Waals surface area (Å²) in [5, 5.41) is 4.75. The molecule has 1 N–H and O–H groups in total. The lowest BCUT2D eigenvalue weighted by atomic mass is 10.2. The van der Waals surface area contributed by atoms with Crippen LogP contribution in [0.25, 0.3) is 0 Å². The lowest BCUT2D eigenvalue weighted by Crippen LogP contribution is -2.42. The van der Waals surface area contributed by atoms with Gasteiger partial charge in [0.15, 0.2) is 6.61 Å². The zero-order chi connectivity index (χ0) is 17.6. The number of nitrogens with one attached hydrogen (secondary N) is 1. The third kappa shape index (κ3) is 4.58. The van der Waals surface area contributed by atoms with Gasteiger partial charge in [0.25, 0.3) is 11.8 Å². The number of carbonyl (C=O) groups is 2. The number of thiophene rings is 1. The van der Waals surface area contributed by atoms with Gasteiger partial charge in [-0.15, -0.1) is 11.3 Å². The molecule has 0 spiro atoms. The fraction of sp³-hybridized carbons (Fsp3) is 0.333. The second-order valence-electron chi connectivity index (χ2n) is 5.69. The molecule has 0 atom stereocenters. The van der Waals surface area contributed by atoms with E-state index < -0.39 is 0 Å². The Kier molecular flexibility index (Phi) is 5.67. The van der Waals surface area contributed by atoms with E-state index in [9.17, 15) is 9.59 Å². The predicted molar refractivity (Wildman–Crippen MR) is 96.3 cm³/mol. The minimum atomic E-state index is -0.122. The molecule has 0 radical (unpaired) electrons. The number of benzene rings is 1. The minimum Gasteiger partial charge on any atom is -0.484 e. The van der Waals surface area contributed by atoms with Crippen molar-refractivity contribution in [2.24, 2.45) is 0 Å². The summed E-state index contributed by atoms with van der Waals surface area (Å²) in [4.78, 5) is 26.7. The second kappa shape index (κ2) is 8.13. The number of aryl methyl sites for hydroxylation is 1. The van der Waals surface area contributed by atoms with Crippen molar-refractivity contribution < 1.29 is 19.1 Å². The number of hydrogen-bond donors (Lipinski definition) is 1. The molecule has 0 aliphatic carbocycles. The van der Waals surface area contributed by atoms with Crippen molar-refractivity contribution in [3.63, 3.8) is 0 Å². The maximum Gasteiger partial charge on any atom is 0.265 e. The molecular formula is C18H20N2O4S. The Labute approximate surface area is 150 Å². The van der Waals surface area contributed by atoms with Gasteiger partial charge in [-0.1, -0.05) is 0 Å². The zero-order valence-corrected chi connectivity index (χ0v) is 14.8. The molecule has 1 saturated heterocycles. The van der Waals surface area contributed by atoms with Crippen LogP contribution in [0.15, 0.2) is 35.7 Å². The molecule has 132 valence electrons. The summed E-state index contributed by atoms with van der Waals surface area (Å²) < 4.78 is 10.8. The number of nitrogens with zero attached hydrogens (tertiary/aromatic N) is 1. The van der Waals surface area contributed by atoms with Crippen molar-refractivity contribution in [1.29, 1.82) is 0 Å². The largest absolute Gasteiger partial charge is 0.484 e. The first-order valence-corrected chi connectivity index (χ1v) is 8.95. The van der Waals surface area contributed by atoms with Gasteiger partial charge < -0.3 is 19.7 Å². The van der Waals surface area contributed by atoms with Gasteiger partial charge in [-0.2, -0.15) is 0 Å². The van der Waals surface area contributed by atoms with Crippen LogP contribution in [0.3, 0.4) is 0 Å². The van der Waals surface area contributed by atoms with Gasteiger partial charge in [0, 0.05) is 18.8 Å². The van der Waals surface area contributed by atoms with Crippen LogP contribution in [0.5, 0.6) is 5.75 Å². The second-order valence-corrected chi connectivity index (χ2v) is 6.61. The summed E-state index contributed by atoms with van der Waals surface area (Å²) >= 11 is 1.42. The first-order valence-electron chi connectivity index (χ1n) is 8.07. The molecule has 2 aromatic rings. The third-order valence-electron chi connectivity index (χ3n) is 3.91. The van der Waals surface area contributed by atoms with Gasteiger partial charge in [0.2, 0.25) is 0 Å². The van der Waals surface area contributed by atoms with Crippen LogP contribution in [0.1, 0.15) is 15.2 Å². The van der Waals surface area contributed by atoms with Gasteiger partial charge in [0.05, 0.1) is 18.1 Å². The molecule has 25 heavy (non-hydrogen) atoms. The van der Waals surface area contributed by atoms with Crippen molar-refractivity contribution >= 4 is 28.8 Å². The molecule has 0 unspecified atom stereocenters. The highest BCUT2D eigenvalue weighted by molar-refractivity contribution is 7.12. The Hall–Kier alpha value is -2.38. The Bertz CT molecular complexity index is 736. The quantitative estimate of drug-likeness (QED) is 0.890. The van der Waals surface area contributed by atoms with Crippen molar-refractivity contribution in [2.75, 3.05) is 38.2 Å². The Morgan fingerprint density at radius 3 is 2.56 bits per heavy atom. The first-order chi connectivity index (χ1) is 12.1. The van der Waals surface area contributed by atoms with Gasteiger partial charge in [0.1, 0.15) is 5.75 Å². The van der Waals surface area contributed by atoms with E-state index in [0.29, 0.717) is 42.6 Å². The molecule has 3 rings (SSSR count). The van der Waals surface area contributed by atoms with Crippen LogP contribution in [0.2, 0.25) is 0 Å². The van der Waals surface area contributed by atoms with Gasteiger partial charge >= 0.3 is 0 Å². The molecule has 1 fully saturated rings. The average molecular weight is 360 g/mol. The standard InChI is InChI=1S/C18H20N2O4S/c1-13-6-11-25-17(13)18(22)19-14-2-4-15(5-3-14)24-12-16(21)20-7-9-23-10-8-20/h2-6,11H,7-10,12H2,1H3,(H,19,22). The van der Waals surface area contributed by atoms with E-state index in [1.165, 1.54) is 11.3 Å². The summed E-state index contributed by atoms with van der Waals surface area (Å²) in [6.45, 7) is 4.27. The first kappa shape index (κ1) is 17.4. The highest BCUT2D eigenvalue weighted by atomic mass is 32.1. The molecule has 6 nitrogen and oxygen atoms in total. The number of anilines is 1. The number of ether oxygens (including phenoxy) is 2. The molecular weight excluding hydrogens is 340 g/mol. The number of carbonyl (C=O) groups excluding carboxylic acids is 2. The van der Waals surface area contributed by atoms with E-state index >= 15 is 0 Å². The van der Waals surface area contributed by atoms with Crippen LogP contribution in [-0.2, 0) is 9.53 Å². The summed E-state index contributed by atoms with van der Waals surface area (Å²) in [5.74, 6) is 0.421. The summed E-state index contributed by atoms with van der Waals surface area (Å²) in [5.41, 5.74) is 1.65. The number of hydrogen-bond acceptors (Lipinski definition) is 5. The molecule has 2 heterocycles. The summed E-state index contributed by atoms with van der Waals surface area (Å²) in [6.07, 6.45) is 0. The predicted octanol–water partition coefficient (Wildman–Crippen LogP) is 2.55. The number of rotatable bonds is 5. The van der Waals surface area contributed by atoms with Crippen molar-refractivity contribution in [3.8, 4) is 5.75 Å². The van der Waals surface area contributed by atoms with Gasteiger partial charge in [-0.25, -0.2) is 0 Å². The molecule has 1 aromatic carbocycles. The number of amides is 2. The van der Waals surface area contributed by atoms with Crippen LogP contribution >= 0.6 is 11.3 Å². The molecule has 1 aliphatic heterocycles. The van der Waals surface area contributed by atoms with Crippen molar-refractivity contribution in [2.45, 2.75) is 6.92 Å². The Balaban J connectivity index is 1.51. The SMILES string of the molecule is Cc1ccsc1C(=O)Nc1ccc(OCC(=O)N2CCOCC2)cc1. The van der Waals surface area contributed by atoms with E-state index in [0.717, 1.165) is 5.56 Å². The van der Waals surface area contributed by atoms with Crippen molar-refractivity contribution in [3.05, 3.63) is 46.2 Å². The van der Waals surface area contributed by atoms with E-state index in [2.05, 4.69) is 5.32 Å². The minimum absolute atomic E-state index is 0.0000951. The zero-order valence-electron chi connectivity index (χ0n) is 14.0. The van der Waals surface area contributed by atoms with E-state index in [4.69, 9.17) is 9.47 Å². The molecule has 1 aliphatic rings. The van der Waals surface area contributed by atoms with E-state index in [-0.39, 0.29) is 18.4 Å². The van der Waals surface area contributed by atoms with Gasteiger partial charge in [-0.3, -0.25) is 9.59 Å². The number of morpholine rings is 1. The fourth-order valence-corrected chi connectivity index (χ4v) is 3.30. The fourth-order valence-electron chi connectivity index (χ4n) is 2.48. The summed E-state index contributed by atoms with van der Waals surface area (Å²) in [7, 11) is 0. The third-order valence-corrected chi connectivity index (χ3v) is 4.92. The molecule has 7 heteroatoms. The molecule has 1 aromatic heterocycles. The summed E-state index contributed by atoms with van der Waals surface area (Å²) in [6, 6.07) is 8.92. The van der Waals surface area contributed by atoms with Crippen molar-refractivity contribution in [1.82, 2.24) is 4.90 Å². The molecule has 0 saturated carbocycles. The maximum absolute atomic E-state index is 12.2. The lowest BCUT2D eigenvalue weighted by Gasteiger charge is -2.26. The lowest BCUT2D eigenvalue weighted by molar-refractivity contribution is -0.137. The van der Waals surface area contributed by atoms with Crippen LogP contribution in [-0.4, -0.2) is 49.6 Å². The maximum atomic E-state index is 12.2. The average Bonchev–Trinajstić information content (AvgIpc) is 3.08. The highest BCUT2D eigenvalue weighted by Gasteiger charge is 2.17. The Morgan fingerprint density at radius 2 is 1.92 bits per heavy atom. The highest BCUT2D eigenvalue weighted by Crippen LogP contribution is 2.20. The van der Waals surface area contributed by atoms with Crippen LogP contribution < -0.4 is 10.1 Å². The topological polar surface area (TPSA) is 67.9 Å². The van der Waals surface area contributed by atoms with Crippen LogP contribution in [0, 0.1) is 6.92 Å². The van der Waals surface area contributed by atoms with E-state index in [1.807, 2.05) is 18.4 Å². The Morgan fingerprint density at radius 1 is 1.20 bits per heavy atom. The molecule has 0 bridgehead atoms. The van der Waals surface area contributed by atoms with E-state index in [1.54, 1.807) is 29.2 Å². The normalized spacial score (nSPS) is 14.2. The van der Waals surface area contributed by atoms with Crippen LogP contribution in [0.4, 0.5) is 5.69 Å². The molecule has 2 amide bonds. The van der Waals surface area contributed by atoms with Gasteiger partial charge in [-0.05, 0) is 48.2 Å².